The molecule has 0 bridgehead atoms. The van der Waals surface area contributed by atoms with Gasteiger partial charge in [0.1, 0.15) is 5.82 Å². The fraction of sp³-hybridized carbons (Fsp3) is 0.688. The lowest BCUT2D eigenvalue weighted by atomic mass is 9.97. The lowest BCUT2D eigenvalue weighted by molar-refractivity contribution is -0.146. The zero-order chi connectivity index (χ0) is 18.2. The molecule has 0 spiro atoms. The van der Waals surface area contributed by atoms with Crippen LogP contribution in [0.4, 0.5) is 19.0 Å². The van der Waals surface area contributed by atoms with Crippen molar-refractivity contribution >= 4 is 11.5 Å². The molecule has 3 rings (SSSR count). The fourth-order valence-electron chi connectivity index (χ4n) is 2.82. The molecule has 1 aliphatic heterocycles. The lowest BCUT2D eigenvalue weighted by Crippen LogP contribution is -2.37. The van der Waals surface area contributed by atoms with Crippen molar-refractivity contribution < 1.29 is 17.9 Å². The molecule has 0 amide bonds. The molecule has 0 aromatic carbocycles. The highest BCUT2D eigenvalue weighted by atomic mass is 19.4. The van der Waals surface area contributed by atoms with E-state index in [9.17, 15) is 13.2 Å². The summed E-state index contributed by atoms with van der Waals surface area (Å²) in [5, 5.41) is 10.8. The van der Waals surface area contributed by atoms with Crippen LogP contribution in [0.2, 0.25) is 0 Å². The van der Waals surface area contributed by atoms with E-state index in [0.29, 0.717) is 18.3 Å². The highest BCUT2D eigenvalue weighted by molar-refractivity contribution is 5.46. The number of anilines is 1. The molecule has 1 aliphatic rings. The van der Waals surface area contributed by atoms with E-state index >= 15 is 0 Å². The van der Waals surface area contributed by atoms with Gasteiger partial charge in [-0.1, -0.05) is 0 Å². The van der Waals surface area contributed by atoms with Gasteiger partial charge in [-0.15, -0.1) is 15.3 Å². The molecule has 6 nitrogen and oxygen atoms in total. The summed E-state index contributed by atoms with van der Waals surface area (Å²) >= 11 is 0. The van der Waals surface area contributed by atoms with Crippen LogP contribution in [0.25, 0.3) is 5.65 Å². The smallest absolute Gasteiger partial charge is 0.376 e. The number of rotatable bonds is 3. The first kappa shape index (κ1) is 17.9. The normalized spacial score (nSPS) is 17.4. The summed E-state index contributed by atoms with van der Waals surface area (Å²) in [6.07, 6.45) is -2.74. The van der Waals surface area contributed by atoms with Gasteiger partial charge in [-0.25, -0.2) is 0 Å². The molecule has 0 unspecified atom stereocenters. The summed E-state index contributed by atoms with van der Waals surface area (Å²) in [4.78, 5) is 1.99. The van der Waals surface area contributed by atoms with Crippen LogP contribution in [-0.4, -0.2) is 45.1 Å². The van der Waals surface area contributed by atoms with Crippen molar-refractivity contribution in [2.24, 2.45) is 5.92 Å². The van der Waals surface area contributed by atoms with Gasteiger partial charge < -0.3 is 9.64 Å². The van der Waals surface area contributed by atoms with Gasteiger partial charge in [-0.05, 0) is 51.7 Å². The molecule has 138 valence electrons. The number of alkyl halides is 3. The molecule has 0 N–H and O–H groups in total. The number of hydrogen-bond donors (Lipinski definition) is 0. The van der Waals surface area contributed by atoms with Crippen molar-refractivity contribution in [3.8, 4) is 0 Å². The van der Waals surface area contributed by atoms with Gasteiger partial charge >= 0.3 is 6.18 Å². The average molecular weight is 357 g/mol. The minimum atomic E-state index is -4.58. The molecule has 2 aromatic rings. The third-order valence-corrected chi connectivity index (χ3v) is 4.19. The monoisotopic (exact) mass is 357 g/mol. The van der Waals surface area contributed by atoms with Crippen LogP contribution >= 0.6 is 0 Å². The number of fused-ring (bicyclic) bond motifs is 1. The second-order valence-corrected chi connectivity index (χ2v) is 7.34. The predicted octanol–water partition coefficient (Wildman–Crippen LogP) is 3.17. The molecule has 9 heteroatoms. The minimum Gasteiger partial charge on any atom is -0.376 e. The molecule has 1 fully saturated rings. The molecular formula is C16H22F3N5O. The quantitative estimate of drug-likeness (QED) is 0.845. The average Bonchev–Trinajstić information content (AvgIpc) is 2.96. The van der Waals surface area contributed by atoms with E-state index in [2.05, 4.69) is 15.3 Å². The third-order valence-electron chi connectivity index (χ3n) is 4.19. The molecule has 2 aromatic heterocycles. The third kappa shape index (κ3) is 4.20. The van der Waals surface area contributed by atoms with Gasteiger partial charge in [0, 0.05) is 13.1 Å². The molecule has 3 heterocycles. The van der Waals surface area contributed by atoms with E-state index < -0.39 is 12.0 Å². The van der Waals surface area contributed by atoms with E-state index in [0.717, 1.165) is 30.4 Å². The maximum Gasteiger partial charge on any atom is 0.453 e. The molecule has 0 radical (unpaired) electrons. The maximum atomic E-state index is 13.0. The van der Waals surface area contributed by atoms with Gasteiger partial charge in [0.15, 0.2) is 5.65 Å². The summed E-state index contributed by atoms with van der Waals surface area (Å²) in [7, 11) is 0. The standard InChI is InChI=1S/C16H22F3N5O/c1-15(2,3)25-10-11-6-8-23(9-7-11)13-5-4-12-20-21-14(16(17,18)19)24(12)22-13/h4-5,11H,6-10H2,1-3H3. The number of halogens is 3. The zero-order valence-electron chi connectivity index (χ0n) is 14.5. The SMILES string of the molecule is CC(C)(C)OCC1CCN(c2ccc3nnc(C(F)(F)F)n3n2)CC1. The fourth-order valence-corrected chi connectivity index (χ4v) is 2.82. The van der Waals surface area contributed by atoms with Crippen LogP contribution in [0.3, 0.4) is 0 Å². The predicted molar refractivity (Wildman–Crippen MR) is 86.4 cm³/mol. The first-order valence-corrected chi connectivity index (χ1v) is 8.32. The van der Waals surface area contributed by atoms with Crippen molar-refractivity contribution in [1.29, 1.82) is 0 Å². The van der Waals surface area contributed by atoms with E-state index in [1.165, 1.54) is 6.07 Å². The number of hydrogen-bond acceptors (Lipinski definition) is 5. The largest absolute Gasteiger partial charge is 0.453 e. The Kier molecular flexibility index (Phi) is 4.61. The van der Waals surface area contributed by atoms with Crippen molar-refractivity contribution in [2.45, 2.75) is 45.4 Å². The Morgan fingerprint density at radius 2 is 1.80 bits per heavy atom. The Labute approximate surface area is 144 Å². The van der Waals surface area contributed by atoms with Crippen LogP contribution in [-0.2, 0) is 10.9 Å². The molecule has 0 atom stereocenters. The number of aromatic nitrogens is 4. The van der Waals surface area contributed by atoms with Crippen LogP contribution < -0.4 is 4.90 Å². The summed E-state index contributed by atoms with van der Waals surface area (Å²) < 4.78 is 45.5. The number of piperidine rings is 1. The highest BCUT2D eigenvalue weighted by Crippen LogP contribution is 2.29. The molecular weight excluding hydrogens is 335 g/mol. The van der Waals surface area contributed by atoms with Crippen LogP contribution in [0.1, 0.15) is 39.4 Å². The number of ether oxygens (including phenoxy) is 1. The lowest BCUT2D eigenvalue weighted by Gasteiger charge is -2.33. The summed E-state index contributed by atoms with van der Waals surface area (Å²) in [5.41, 5.74) is -0.0730. The minimum absolute atomic E-state index is 0.0875. The zero-order valence-corrected chi connectivity index (χ0v) is 14.5. The first-order valence-electron chi connectivity index (χ1n) is 8.32. The Bertz CT molecular complexity index is 729. The van der Waals surface area contributed by atoms with Gasteiger partial charge in [-0.3, -0.25) is 0 Å². The summed E-state index contributed by atoms with van der Waals surface area (Å²) in [5.74, 6) is -0.134. The van der Waals surface area contributed by atoms with Crippen LogP contribution in [0, 0.1) is 5.92 Å². The number of nitrogens with zero attached hydrogens (tertiary/aromatic N) is 5. The van der Waals surface area contributed by atoms with E-state index in [4.69, 9.17) is 4.74 Å². The van der Waals surface area contributed by atoms with Crippen LogP contribution in [0.15, 0.2) is 12.1 Å². The Morgan fingerprint density at radius 3 is 2.40 bits per heavy atom. The van der Waals surface area contributed by atoms with Gasteiger partial charge in [0.05, 0.1) is 12.2 Å². The second-order valence-electron chi connectivity index (χ2n) is 7.34. The second kappa shape index (κ2) is 6.44. The first-order chi connectivity index (χ1) is 11.6. The maximum absolute atomic E-state index is 13.0. The molecule has 0 saturated carbocycles. The molecule has 1 saturated heterocycles. The van der Waals surface area contributed by atoms with Gasteiger partial charge in [-0.2, -0.15) is 17.7 Å². The van der Waals surface area contributed by atoms with E-state index in [1.54, 1.807) is 6.07 Å². The Morgan fingerprint density at radius 1 is 1.12 bits per heavy atom. The van der Waals surface area contributed by atoms with E-state index in [-0.39, 0.29) is 11.2 Å². The van der Waals surface area contributed by atoms with E-state index in [1.807, 2.05) is 25.7 Å². The van der Waals surface area contributed by atoms with Gasteiger partial charge in [0.2, 0.25) is 0 Å². The topological polar surface area (TPSA) is 55.5 Å². The van der Waals surface area contributed by atoms with Gasteiger partial charge in [0.25, 0.3) is 5.82 Å². The molecule has 25 heavy (non-hydrogen) atoms. The van der Waals surface area contributed by atoms with Crippen molar-refractivity contribution in [3.63, 3.8) is 0 Å². The summed E-state index contributed by atoms with van der Waals surface area (Å²) in [6, 6.07) is 3.20. The highest BCUT2D eigenvalue weighted by Gasteiger charge is 2.38. The summed E-state index contributed by atoms with van der Waals surface area (Å²) in [6.45, 7) is 8.25. The van der Waals surface area contributed by atoms with Crippen LogP contribution in [0.5, 0.6) is 0 Å². The van der Waals surface area contributed by atoms with Crippen molar-refractivity contribution in [3.05, 3.63) is 18.0 Å². The molecule has 0 aliphatic carbocycles. The Balaban J connectivity index is 1.69. The van der Waals surface area contributed by atoms with Crippen molar-refractivity contribution in [1.82, 2.24) is 19.8 Å². The van der Waals surface area contributed by atoms with Crippen molar-refractivity contribution in [2.75, 3.05) is 24.6 Å². The Hall–Kier alpha value is -1.90.